The second kappa shape index (κ2) is 5.98. The van der Waals surface area contributed by atoms with Gasteiger partial charge in [0, 0.05) is 17.1 Å². The molecule has 0 unspecified atom stereocenters. The molecule has 128 valence electrons. The van der Waals surface area contributed by atoms with Gasteiger partial charge in [0.2, 0.25) is 0 Å². The first-order valence-corrected chi connectivity index (χ1v) is 7.71. The minimum absolute atomic E-state index is 0.139. The fourth-order valence-electron chi connectivity index (χ4n) is 3.13. The molecule has 0 fully saturated rings. The number of aryl methyl sites for hydroxylation is 1. The molecule has 25 heavy (non-hydrogen) atoms. The van der Waals surface area contributed by atoms with Crippen molar-refractivity contribution in [1.82, 2.24) is 4.98 Å². The summed E-state index contributed by atoms with van der Waals surface area (Å²) in [6.45, 7) is 3.70. The van der Waals surface area contributed by atoms with Crippen molar-refractivity contribution in [3.8, 4) is 22.6 Å². The second-order valence-corrected chi connectivity index (χ2v) is 5.89. The molecular weight excluding hydrogens is 318 g/mol. The Labute approximate surface area is 145 Å². The summed E-state index contributed by atoms with van der Waals surface area (Å²) in [4.78, 5) is 16.4. The SMILES string of the molecule is COc1ccnc2c(-c3c(C)ccc(O)c3C)c(N)c(C(N)=O)cc12. The van der Waals surface area contributed by atoms with E-state index in [0.29, 0.717) is 27.8 Å². The highest BCUT2D eigenvalue weighted by molar-refractivity contribution is 6.12. The molecule has 1 amide bonds. The van der Waals surface area contributed by atoms with Crippen molar-refractivity contribution >= 4 is 22.5 Å². The number of aromatic hydroxyl groups is 1. The first-order valence-electron chi connectivity index (χ1n) is 7.71. The van der Waals surface area contributed by atoms with Gasteiger partial charge in [-0.25, -0.2) is 0 Å². The first kappa shape index (κ1) is 16.6. The number of hydrogen-bond donors (Lipinski definition) is 3. The number of methoxy groups -OCH3 is 1. The lowest BCUT2D eigenvalue weighted by molar-refractivity contribution is 0.100. The van der Waals surface area contributed by atoms with Gasteiger partial charge in [0.05, 0.1) is 23.9 Å². The van der Waals surface area contributed by atoms with Gasteiger partial charge in [-0.2, -0.15) is 0 Å². The maximum atomic E-state index is 11.9. The molecule has 0 aliphatic carbocycles. The van der Waals surface area contributed by atoms with E-state index in [1.807, 2.05) is 6.92 Å². The number of rotatable bonds is 3. The quantitative estimate of drug-likeness (QED) is 0.636. The first-order chi connectivity index (χ1) is 11.9. The van der Waals surface area contributed by atoms with E-state index >= 15 is 0 Å². The third-order valence-electron chi connectivity index (χ3n) is 4.42. The smallest absolute Gasteiger partial charge is 0.250 e. The topological polar surface area (TPSA) is 111 Å². The number of hydrogen-bond acceptors (Lipinski definition) is 5. The molecule has 0 bridgehead atoms. The molecule has 0 atom stereocenters. The number of anilines is 1. The lowest BCUT2D eigenvalue weighted by Crippen LogP contribution is -2.15. The highest BCUT2D eigenvalue weighted by Gasteiger charge is 2.22. The van der Waals surface area contributed by atoms with Gasteiger partial charge in [0.1, 0.15) is 11.5 Å². The van der Waals surface area contributed by atoms with E-state index in [0.717, 1.165) is 11.1 Å². The van der Waals surface area contributed by atoms with Crippen molar-refractivity contribution < 1.29 is 14.6 Å². The number of pyridine rings is 1. The van der Waals surface area contributed by atoms with E-state index in [4.69, 9.17) is 16.2 Å². The van der Waals surface area contributed by atoms with E-state index in [1.165, 1.54) is 0 Å². The summed E-state index contributed by atoms with van der Waals surface area (Å²) in [7, 11) is 1.54. The number of carbonyl (C=O) groups is 1. The normalized spacial score (nSPS) is 10.8. The Bertz CT molecular complexity index is 1010. The average molecular weight is 337 g/mol. The van der Waals surface area contributed by atoms with Crippen LogP contribution in [-0.4, -0.2) is 23.1 Å². The van der Waals surface area contributed by atoms with E-state index in [2.05, 4.69) is 4.98 Å². The van der Waals surface area contributed by atoms with E-state index in [-0.39, 0.29) is 17.0 Å². The van der Waals surface area contributed by atoms with E-state index in [9.17, 15) is 9.90 Å². The van der Waals surface area contributed by atoms with Crippen LogP contribution in [0.5, 0.6) is 11.5 Å². The average Bonchev–Trinajstić information content (AvgIpc) is 2.59. The molecule has 3 rings (SSSR count). The van der Waals surface area contributed by atoms with Crippen molar-refractivity contribution in [3.63, 3.8) is 0 Å². The van der Waals surface area contributed by atoms with Crippen molar-refractivity contribution in [2.45, 2.75) is 13.8 Å². The van der Waals surface area contributed by atoms with Gasteiger partial charge >= 0.3 is 0 Å². The Morgan fingerprint density at radius 1 is 1.20 bits per heavy atom. The standard InChI is InChI=1S/C19H19N3O3/c1-9-4-5-13(23)10(2)15(9)16-17(20)12(19(21)24)8-11-14(25-3)6-7-22-18(11)16/h4-8,23H,20H2,1-3H3,(H2,21,24). The summed E-state index contributed by atoms with van der Waals surface area (Å²) in [5.41, 5.74) is 15.7. The fourth-order valence-corrected chi connectivity index (χ4v) is 3.13. The van der Waals surface area contributed by atoms with Crippen molar-refractivity contribution in [2.75, 3.05) is 12.8 Å². The summed E-state index contributed by atoms with van der Waals surface area (Å²) in [6.07, 6.45) is 1.61. The number of phenols is 1. The molecule has 6 heteroatoms. The maximum absolute atomic E-state index is 11.9. The summed E-state index contributed by atoms with van der Waals surface area (Å²) < 4.78 is 5.39. The number of aromatic nitrogens is 1. The number of ether oxygens (including phenoxy) is 1. The van der Waals surface area contributed by atoms with Crippen LogP contribution in [0.15, 0.2) is 30.5 Å². The molecule has 1 aromatic heterocycles. The van der Waals surface area contributed by atoms with Crippen LogP contribution < -0.4 is 16.2 Å². The zero-order valence-electron chi connectivity index (χ0n) is 14.3. The van der Waals surface area contributed by atoms with Crippen molar-refractivity contribution in [3.05, 3.63) is 47.2 Å². The Morgan fingerprint density at radius 2 is 1.92 bits per heavy atom. The second-order valence-electron chi connectivity index (χ2n) is 5.89. The molecule has 0 radical (unpaired) electrons. The minimum atomic E-state index is -0.637. The van der Waals surface area contributed by atoms with E-state index in [1.54, 1.807) is 44.5 Å². The number of fused-ring (bicyclic) bond motifs is 1. The summed E-state index contributed by atoms with van der Waals surface area (Å²) in [6, 6.07) is 6.71. The van der Waals surface area contributed by atoms with Crippen LogP contribution in [0, 0.1) is 13.8 Å². The van der Waals surface area contributed by atoms with Crippen molar-refractivity contribution in [1.29, 1.82) is 0 Å². The summed E-state index contributed by atoms with van der Waals surface area (Å²) >= 11 is 0. The molecule has 0 saturated carbocycles. The molecule has 6 nitrogen and oxygen atoms in total. The highest BCUT2D eigenvalue weighted by atomic mass is 16.5. The molecule has 3 aromatic rings. The molecule has 0 aliphatic heterocycles. The largest absolute Gasteiger partial charge is 0.508 e. The van der Waals surface area contributed by atoms with Gasteiger partial charge in [0.15, 0.2) is 0 Å². The Hall–Kier alpha value is -3.28. The minimum Gasteiger partial charge on any atom is -0.508 e. The highest BCUT2D eigenvalue weighted by Crippen LogP contribution is 2.42. The predicted octanol–water partition coefficient (Wildman–Crippen LogP) is 2.91. The maximum Gasteiger partial charge on any atom is 0.250 e. The molecule has 0 aliphatic rings. The van der Waals surface area contributed by atoms with Crippen molar-refractivity contribution in [2.24, 2.45) is 5.73 Å². The molecular formula is C19H19N3O3. The Balaban J connectivity index is 2.57. The van der Waals surface area contributed by atoms with E-state index < -0.39 is 5.91 Å². The molecule has 1 heterocycles. The number of phenolic OH excluding ortho intramolecular Hbond substituents is 1. The van der Waals surface area contributed by atoms with Gasteiger partial charge < -0.3 is 21.3 Å². The Morgan fingerprint density at radius 3 is 2.56 bits per heavy atom. The Kier molecular flexibility index (Phi) is 3.96. The van der Waals surface area contributed by atoms with Crippen LogP contribution in [0.25, 0.3) is 22.0 Å². The molecule has 5 N–H and O–H groups in total. The van der Waals surface area contributed by atoms with Gasteiger partial charge in [-0.15, -0.1) is 0 Å². The number of nitrogens with two attached hydrogens (primary N) is 2. The van der Waals surface area contributed by atoms with Crippen LogP contribution in [0.2, 0.25) is 0 Å². The van der Waals surface area contributed by atoms with Crippen LogP contribution in [0.3, 0.4) is 0 Å². The fraction of sp³-hybridized carbons (Fsp3) is 0.158. The zero-order valence-corrected chi connectivity index (χ0v) is 14.3. The summed E-state index contributed by atoms with van der Waals surface area (Å²) in [5.74, 6) is 0.0618. The molecule has 0 saturated heterocycles. The predicted molar refractivity (Wildman–Crippen MR) is 97.8 cm³/mol. The van der Waals surface area contributed by atoms with Gasteiger partial charge in [-0.1, -0.05) is 6.07 Å². The van der Waals surface area contributed by atoms with Gasteiger partial charge in [-0.3, -0.25) is 9.78 Å². The number of amides is 1. The van der Waals surface area contributed by atoms with Crippen LogP contribution in [0.1, 0.15) is 21.5 Å². The third kappa shape index (κ3) is 2.52. The number of nitrogen functional groups attached to an aromatic ring is 1. The lowest BCUT2D eigenvalue weighted by atomic mass is 9.90. The number of nitrogens with zero attached hydrogens (tertiary/aromatic N) is 1. The number of benzene rings is 2. The zero-order chi connectivity index (χ0) is 18.3. The molecule has 2 aromatic carbocycles. The van der Waals surface area contributed by atoms with Crippen LogP contribution in [0.4, 0.5) is 5.69 Å². The van der Waals surface area contributed by atoms with Gasteiger partial charge in [-0.05, 0) is 48.7 Å². The van der Waals surface area contributed by atoms with Crippen LogP contribution in [-0.2, 0) is 0 Å². The molecule has 0 spiro atoms. The summed E-state index contributed by atoms with van der Waals surface area (Å²) in [5, 5.41) is 10.8. The number of carbonyl (C=O) groups excluding carboxylic acids is 1. The number of primary amides is 1. The van der Waals surface area contributed by atoms with Crippen LogP contribution >= 0.6 is 0 Å². The lowest BCUT2D eigenvalue weighted by Gasteiger charge is -2.18. The van der Waals surface area contributed by atoms with Gasteiger partial charge in [0.25, 0.3) is 5.91 Å². The monoisotopic (exact) mass is 337 g/mol. The third-order valence-corrected chi connectivity index (χ3v) is 4.42.